The third kappa shape index (κ3) is 4.46. The molecule has 1 amide bonds. The van der Waals surface area contributed by atoms with Gasteiger partial charge in [-0.25, -0.2) is 0 Å². The van der Waals surface area contributed by atoms with Gasteiger partial charge >= 0.3 is 0 Å². The molecule has 0 saturated heterocycles. The summed E-state index contributed by atoms with van der Waals surface area (Å²) >= 11 is 11.9. The molecule has 0 saturated carbocycles. The lowest BCUT2D eigenvalue weighted by Gasteiger charge is -2.15. The summed E-state index contributed by atoms with van der Waals surface area (Å²) in [6.45, 7) is 0.541. The molecule has 0 aliphatic heterocycles. The Labute approximate surface area is 116 Å². The normalized spacial score (nSPS) is 12.2. The lowest BCUT2D eigenvalue weighted by molar-refractivity contribution is -0.121. The number of hydrogen-bond donors (Lipinski definition) is 3. The molecule has 1 rings (SSSR count). The van der Waals surface area contributed by atoms with Crippen LogP contribution in [0.2, 0.25) is 10.0 Å². The van der Waals surface area contributed by atoms with Crippen LogP contribution in [0.4, 0.5) is 0 Å². The fourth-order valence-corrected chi connectivity index (χ4v) is 2.14. The molecule has 1 aromatic rings. The van der Waals surface area contributed by atoms with E-state index < -0.39 is 6.10 Å². The van der Waals surface area contributed by atoms with E-state index in [4.69, 9.17) is 28.9 Å². The SMILES string of the molecule is NCCCC(=O)NCC(O)c1c(Cl)cccc1Cl. The molecule has 0 fully saturated rings. The van der Waals surface area contributed by atoms with E-state index >= 15 is 0 Å². The van der Waals surface area contributed by atoms with Gasteiger partial charge in [0.2, 0.25) is 5.91 Å². The average molecular weight is 291 g/mol. The number of nitrogens with two attached hydrogens (primary N) is 1. The topological polar surface area (TPSA) is 75.4 Å². The summed E-state index contributed by atoms with van der Waals surface area (Å²) in [7, 11) is 0. The predicted octanol–water partition coefficient (Wildman–Crippen LogP) is 1.88. The van der Waals surface area contributed by atoms with Crippen molar-refractivity contribution in [2.75, 3.05) is 13.1 Å². The molecule has 100 valence electrons. The molecule has 0 aliphatic rings. The summed E-state index contributed by atoms with van der Waals surface area (Å²) in [6.07, 6.45) is 0.0434. The molecular weight excluding hydrogens is 275 g/mol. The second-order valence-corrected chi connectivity index (χ2v) is 4.66. The maximum Gasteiger partial charge on any atom is 0.220 e. The number of halogens is 2. The number of benzene rings is 1. The first-order chi connectivity index (χ1) is 8.56. The highest BCUT2D eigenvalue weighted by molar-refractivity contribution is 6.36. The molecule has 0 aromatic heterocycles. The molecule has 0 bridgehead atoms. The number of hydrogen-bond acceptors (Lipinski definition) is 3. The van der Waals surface area contributed by atoms with Gasteiger partial charge in [0.1, 0.15) is 0 Å². The average Bonchev–Trinajstić information content (AvgIpc) is 2.33. The number of aliphatic hydroxyl groups excluding tert-OH is 1. The van der Waals surface area contributed by atoms with Crippen LogP contribution in [0.15, 0.2) is 18.2 Å². The van der Waals surface area contributed by atoms with Crippen LogP contribution >= 0.6 is 23.2 Å². The van der Waals surface area contributed by atoms with Gasteiger partial charge in [-0.15, -0.1) is 0 Å². The lowest BCUT2D eigenvalue weighted by atomic mass is 10.1. The molecule has 4 N–H and O–H groups in total. The van der Waals surface area contributed by atoms with Crippen molar-refractivity contribution in [3.05, 3.63) is 33.8 Å². The molecule has 6 heteroatoms. The second-order valence-electron chi connectivity index (χ2n) is 3.85. The molecule has 18 heavy (non-hydrogen) atoms. The van der Waals surface area contributed by atoms with E-state index in [1.165, 1.54) is 0 Å². The molecular formula is C12H16Cl2N2O2. The van der Waals surface area contributed by atoms with Gasteiger partial charge in [-0.3, -0.25) is 4.79 Å². The van der Waals surface area contributed by atoms with Gasteiger partial charge in [0.25, 0.3) is 0 Å². The lowest BCUT2D eigenvalue weighted by Crippen LogP contribution is -2.28. The molecule has 0 radical (unpaired) electrons. The van der Waals surface area contributed by atoms with Gasteiger partial charge in [0, 0.05) is 28.6 Å². The van der Waals surface area contributed by atoms with Crippen molar-refractivity contribution in [1.29, 1.82) is 0 Å². The summed E-state index contributed by atoms with van der Waals surface area (Å²) in [5.41, 5.74) is 5.73. The Balaban J connectivity index is 2.55. The Morgan fingerprint density at radius 3 is 2.56 bits per heavy atom. The van der Waals surface area contributed by atoms with Crippen molar-refractivity contribution < 1.29 is 9.90 Å². The Morgan fingerprint density at radius 2 is 2.00 bits per heavy atom. The maximum absolute atomic E-state index is 11.4. The first kappa shape index (κ1) is 15.2. The standard InChI is InChI=1S/C12H16Cl2N2O2/c13-8-3-1-4-9(14)12(8)10(17)7-16-11(18)5-2-6-15/h1,3-4,10,17H,2,5-7,15H2,(H,16,18). The highest BCUT2D eigenvalue weighted by atomic mass is 35.5. The number of carbonyl (C=O) groups excluding carboxylic acids is 1. The number of amides is 1. The van der Waals surface area contributed by atoms with Crippen LogP contribution in [0.3, 0.4) is 0 Å². The van der Waals surface area contributed by atoms with Crippen LogP contribution in [0.5, 0.6) is 0 Å². The van der Waals surface area contributed by atoms with Crippen LogP contribution in [0, 0.1) is 0 Å². The minimum Gasteiger partial charge on any atom is -0.386 e. The van der Waals surface area contributed by atoms with Gasteiger partial charge in [-0.05, 0) is 25.1 Å². The molecule has 1 unspecified atom stereocenters. The molecule has 1 aromatic carbocycles. The minimum atomic E-state index is -0.923. The molecule has 0 spiro atoms. The van der Waals surface area contributed by atoms with Crippen LogP contribution < -0.4 is 11.1 Å². The molecule has 1 atom stereocenters. The maximum atomic E-state index is 11.4. The number of aliphatic hydroxyl groups is 1. The summed E-state index contributed by atoms with van der Waals surface area (Å²) in [4.78, 5) is 11.4. The fraction of sp³-hybridized carbons (Fsp3) is 0.417. The Bertz CT molecular complexity index is 393. The number of carbonyl (C=O) groups is 1. The summed E-state index contributed by atoms with van der Waals surface area (Å²) in [5.74, 6) is -0.150. The van der Waals surface area contributed by atoms with Crippen LogP contribution in [0.1, 0.15) is 24.5 Å². The Kier molecular flexibility index (Phi) is 6.43. The van der Waals surface area contributed by atoms with Crippen molar-refractivity contribution in [2.45, 2.75) is 18.9 Å². The van der Waals surface area contributed by atoms with E-state index in [1.54, 1.807) is 18.2 Å². The third-order valence-electron chi connectivity index (χ3n) is 2.43. The molecule has 0 aliphatic carbocycles. The molecule has 0 heterocycles. The van der Waals surface area contributed by atoms with Gasteiger partial charge < -0.3 is 16.2 Å². The zero-order valence-corrected chi connectivity index (χ0v) is 11.3. The third-order valence-corrected chi connectivity index (χ3v) is 3.09. The smallest absolute Gasteiger partial charge is 0.220 e. The van der Waals surface area contributed by atoms with Crippen molar-refractivity contribution in [1.82, 2.24) is 5.32 Å². The largest absolute Gasteiger partial charge is 0.386 e. The van der Waals surface area contributed by atoms with Gasteiger partial charge in [0.15, 0.2) is 0 Å². The van der Waals surface area contributed by atoms with E-state index in [0.29, 0.717) is 35.0 Å². The summed E-state index contributed by atoms with van der Waals surface area (Å²) in [5, 5.41) is 13.3. The van der Waals surface area contributed by atoms with E-state index in [0.717, 1.165) is 0 Å². The van der Waals surface area contributed by atoms with Gasteiger partial charge in [-0.2, -0.15) is 0 Å². The van der Waals surface area contributed by atoms with Crippen LogP contribution in [0.25, 0.3) is 0 Å². The zero-order chi connectivity index (χ0) is 13.5. The van der Waals surface area contributed by atoms with E-state index in [2.05, 4.69) is 5.32 Å². The number of nitrogens with one attached hydrogen (secondary N) is 1. The quantitative estimate of drug-likeness (QED) is 0.749. The van der Waals surface area contributed by atoms with Crippen molar-refractivity contribution in [3.63, 3.8) is 0 Å². The van der Waals surface area contributed by atoms with E-state index in [9.17, 15) is 9.90 Å². The predicted molar refractivity (Wildman–Crippen MR) is 72.7 cm³/mol. The zero-order valence-electron chi connectivity index (χ0n) is 9.83. The highest BCUT2D eigenvalue weighted by Gasteiger charge is 2.15. The van der Waals surface area contributed by atoms with Crippen molar-refractivity contribution in [2.24, 2.45) is 5.73 Å². The number of rotatable bonds is 6. The van der Waals surface area contributed by atoms with Crippen molar-refractivity contribution >= 4 is 29.1 Å². The first-order valence-corrected chi connectivity index (χ1v) is 6.40. The fourth-order valence-electron chi connectivity index (χ4n) is 1.49. The van der Waals surface area contributed by atoms with Gasteiger partial charge in [0.05, 0.1) is 6.10 Å². The molecule has 4 nitrogen and oxygen atoms in total. The van der Waals surface area contributed by atoms with Gasteiger partial charge in [-0.1, -0.05) is 29.3 Å². The highest BCUT2D eigenvalue weighted by Crippen LogP contribution is 2.29. The Morgan fingerprint density at radius 1 is 1.39 bits per heavy atom. The minimum absolute atomic E-state index is 0.0762. The summed E-state index contributed by atoms with van der Waals surface area (Å²) in [6, 6.07) is 4.98. The monoisotopic (exact) mass is 290 g/mol. The Hall–Kier alpha value is -0.810. The van der Waals surface area contributed by atoms with Crippen LogP contribution in [-0.4, -0.2) is 24.1 Å². The van der Waals surface area contributed by atoms with Crippen LogP contribution in [-0.2, 0) is 4.79 Å². The van der Waals surface area contributed by atoms with E-state index in [1.807, 2.05) is 0 Å². The summed E-state index contributed by atoms with van der Waals surface area (Å²) < 4.78 is 0. The van der Waals surface area contributed by atoms with Crippen molar-refractivity contribution in [3.8, 4) is 0 Å². The first-order valence-electron chi connectivity index (χ1n) is 5.65. The van der Waals surface area contributed by atoms with E-state index in [-0.39, 0.29) is 12.5 Å². The second kappa shape index (κ2) is 7.59.